The molecule has 0 aromatic carbocycles. The predicted octanol–water partition coefficient (Wildman–Crippen LogP) is 3.85. The molecule has 0 amide bonds. The second-order valence-corrected chi connectivity index (χ2v) is 5.85. The maximum absolute atomic E-state index is 4.11. The van der Waals surface area contributed by atoms with Gasteiger partial charge < -0.3 is 5.32 Å². The summed E-state index contributed by atoms with van der Waals surface area (Å²) in [5.74, 6) is 0. The van der Waals surface area contributed by atoms with E-state index >= 15 is 0 Å². The molecule has 2 heteroatoms. The average Bonchev–Trinajstić information content (AvgIpc) is 2.77. The van der Waals surface area contributed by atoms with Crippen molar-refractivity contribution in [3.8, 4) is 0 Å². The van der Waals surface area contributed by atoms with Crippen LogP contribution in [0.25, 0.3) is 0 Å². The van der Waals surface area contributed by atoms with Crippen LogP contribution in [-0.4, -0.2) is 6.54 Å². The van der Waals surface area contributed by atoms with Crippen molar-refractivity contribution in [1.29, 1.82) is 0 Å². The summed E-state index contributed by atoms with van der Waals surface area (Å²) < 4.78 is 0. The Labute approximate surface area is 103 Å². The minimum Gasteiger partial charge on any atom is -0.306 e. The lowest BCUT2D eigenvalue weighted by molar-refractivity contribution is 0.598. The van der Waals surface area contributed by atoms with E-state index in [-0.39, 0.29) is 0 Å². The van der Waals surface area contributed by atoms with Gasteiger partial charge in [0.25, 0.3) is 0 Å². The molecule has 0 radical (unpaired) electrons. The lowest BCUT2D eigenvalue weighted by Crippen LogP contribution is -2.21. The summed E-state index contributed by atoms with van der Waals surface area (Å²) in [4.78, 5) is 3.07. The van der Waals surface area contributed by atoms with E-state index in [0.717, 1.165) is 6.54 Å². The number of hydrogen-bond acceptors (Lipinski definition) is 2. The fourth-order valence-corrected chi connectivity index (χ4v) is 3.73. The Balaban J connectivity index is 2.15. The Kier molecular flexibility index (Phi) is 3.82. The monoisotopic (exact) mass is 235 g/mol. The molecule has 2 rings (SSSR count). The van der Waals surface area contributed by atoms with Crippen molar-refractivity contribution in [2.45, 2.75) is 45.6 Å². The summed E-state index contributed by atoms with van der Waals surface area (Å²) >= 11 is 1.99. The molecule has 0 spiro atoms. The SMILES string of the molecule is C=C(C)C(NCCC)c1cc2c(s1)CCC2. The molecule has 0 saturated carbocycles. The fourth-order valence-electron chi connectivity index (χ4n) is 2.30. The quantitative estimate of drug-likeness (QED) is 0.764. The van der Waals surface area contributed by atoms with Gasteiger partial charge in [0.05, 0.1) is 6.04 Å². The van der Waals surface area contributed by atoms with Gasteiger partial charge >= 0.3 is 0 Å². The first-order valence-corrected chi connectivity index (χ1v) is 7.04. The molecule has 0 aliphatic heterocycles. The molecular weight excluding hydrogens is 214 g/mol. The second kappa shape index (κ2) is 5.15. The zero-order valence-electron chi connectivity index (χ0n) is 10.3. The second-order valence-electron chi connectivity index (χ2n) is 4.68. The van der Waals surface area contributed by atoms with Crippen molar-refractivity contribution in [3.05, 3.63) is 33.5 Å². The van der Waals surface area contributed by atoms with E-state index in [0.29, 0.717) is 6.04 Å². The van der Waals surface area contributed by atoms with Crippen molar-refractivity contribution in [1.82, 2.24) is 5.32 Å². The van der Waals surface area contributed by atoms with E-state index in [1.165, 1.54) is 36.1 Å². The highest BCUT2D eigenvalue weighted by Gasteiger charge is 2.19. The van der Waals surface area contributed by atoms with Crippen molar-refractivity contribution in [3.63, 3.8) is 0 Å². The molecule has 16 heavy (non-hydrogen) atoms. The molecule has 1 nitrogen and oxygen atoms in total. The van der Waals surface area contributed by atoms with E-state index in [2.05, 4.69) is 31.8 Å². The Morgan fingerprint density at radius 1 is 1.56 bits per heavy atom. The largest absolute Gasteiger partial charge is 0.306 e. The van der Waals surface area contributed by atoms with Gasteiger partial charge in [0.15, 0.2) is 0 Å². The normalized spacial score (nSPS) is 16.1. The highest BCUT2D eigenvalue weighted by molar-refractivity contribution is 7.12. The summed E-state index contributed by atoms with van der Waals surface area (Å²) in [6, 6.07) is 2.77. The number of thiophene rings is 1. The lowest BCUT2D eigenvalue weighted by Gasteiger charge is -2.17. The molecule has 1 unspecified atom stereocenters. The molecule has 1 heterocycles. The summed E-state index contributed by atoms with van der Waals surface area (Å²) in [6.07, 6.45) is 5.09. The summed E-state index contributed by atoms with van der Waals surface area (Å²) in [5, 5.41) is 3.58. The third-order valence-corrected chi connectivity index (χ3v) is 4.44. The molecule has 1 N–H and O–H groups in total. The maximum Gasteiger partial charge on any atom is 0.0625 e. The number of aryl methyl sites for hydroxylation is 2. The van der Waals surface area contributed by atoms with Gasteiger partial charge in [0, 0.05) is 9.75 Å². The average molecular weight is 235 g/mol. The van der Waals surface area contributed by atoms with Crippen LogP contribution in [0.15, 0.2) is 18.2 Å². The smallest absolute Gasteiger partial charge is 0.0625 e. The number of rotatable bonds is 5. The highest BCUT2D eigenvalue weighted by Crippen LogP contribution is 2.35. The van der Waals surface area contributed by atoms with Crippen LogP contribution in [0.3, 0.4) is 0 Å². The van der Waals surface area contributed by atoms with Crippen molar-refractivity contribution >= 4 is 11.3 Å². The first kappa shape index (κ1) is 11.9. The van der Waals surface area contributed by atoms with Gasteiger partial charge in [-0.05, 0) is 50.8 Å². The highest BCUT2D eigenvalue weighted by atomic mass is 32.1. The van der Waals surface area contributed by atoms with Gasteiger partial charge in [-0.3, -0.25) is 0 Å². The predicted molar refractivity (Wildman–Crippen MR) is 72.2 cm³/mol. The molecule has 0 fully saturated rings. The number of fused-ring (bicyclic) bond motifs is 1. The van der Waals surface area contributed by atoms with Crippen LogP contribution in [0.1, 0.15) is 48.0 Å². The summed E-state index contributed by atoms with van der Waals surface area (Å²) in [6.45, 7) is 9.51. The Morgan fingerprint density at radius 3 is 3.00 bits per heavy atom. The van der Waals surface area contributed by atoms with Crippen molar-refractivity contribution in [2.24, 2.45) is 0 Å². The fraction of sp³-hybridized carbons (Fsp3) is 0.571. The van der Waals surface area contributed by atoms with Gasteiger partial charge in [-0.25, -0.2) is 0 Å². The molecule has 1 aromatic heterocycles. The van der Waals surface area contributed by atoms with Gasteiger partial charge in [-0.1, -0.05) is 19.1 Å². The van der Waals surface area contributed by atoms with E-state index in [1.807, 2.05) is 11.3 Å². The Bertz CT molecular complexity index is 357. The molecule has 1 aliphatic rings. The van der Waals surface area contributed by atoms with Gasteiger partial charge in [0.1, 0.15) is 0 Å². The third-order valence-electron chi connectivity index (χ3n) is 3.14. The minimum absolute atomic E-state index is 0.371. The van der Waals surface area contributed by atoms with Crippen LogP contribution >= 0.6 is 11.3 Å². The third kappa shape index (κ3) is 2.38. The first-order chi connectivity index (χ1) is 7.72. The Hall–Kier alpha value is -0.600. The van der Waals surface area contributed by atoms with Crippen LogP contribution in [0.5, 0.6) is 0 Å². The Morgan fingerprint density at radius 2 is 2.38 bits per heavy atom. The van der Waals surface area contributed by atoms with E-state index in [4.69, 9.17) is 0 Å². The molecule has 1 aromatic rings. The van der Waals surface area contributed by atoms with Crippen molar-refractivity contribution in [2.75, 3.05) is 6.54 Å². The summed E-state index contributed by atoms with van der Waals surface area (Å²) in [5.41, 5.74) is 2.82. The molecular formula is C14H21NS. The zero-order valence-corrected chi connectivity index (χ0v) is 11.1. The van der Waals surface area contributed by atoms with E-state index < -0.39 is 0 Å². The summed E-state index contributed by atoms with van der Waals surface area (Å²) in [7, 11) is 0. The molecule has 1 atom stereocenters. The zero-order chi connectivity index (χ0) is 11.5. The minimum atomic E-state index is 0.371. The van der Waals surface area contributed by atoms with Gasteiger partial charge in [-0.2, -0.15) is 0 Å². The van der Waals surface area contributed by atoms with E-state index in [9.17, 15) is 0 Å². The molecule has 0 bridgehead atoms. The van der Waals surface area contributed by atoms with Crippen LogP contribution in [-0.2, 0) is 12.8 Å². The lowest BCUT2D eigenvalue weighted by atomic mass is 10.1. The van der Waals surface area contributed by atoms with Gasteiger partial charge in [0.2, 0.25) is 0 Å². The standard InChI is InChI=1S/C14H21NS/c1-4-8-15-14(10(2)3)13-9-11-6-5-7-12(11)16-13/h9,14-15H,2,4-8H2,1,3H3. The van der Waals surface area contributed by atoms with Crippen LogP contribution < -0.4 is 5.32 Å². The van der Waals surface area contributed by atoms with E-state index in [1.54, 1.807) is 10.4 Å². The van der Waals surface area contributed by atoms with Crippen molar-refractivity contribution < 1.29 is 0 Å². The number of nitrogens with one attached hydrogen (secondary N) is 1. The van der Waals surface area contributed by atoms with Crippen LogP contribution in [0, 0.1) is 0 Å². The molecule has 88 valence electrons. The van der Waals surface area contributed by atoms with Gasteiger partial charge in [-0.15, -0.1) is 11.3 Å². The first-order valence-electron chi connectivity index (χ1n) is 6.22. The molecule has 0 saturated heterocycles. The maximum atomic E-state index is 4.11. The molecule has 1 aliphatic carbocycles. The topological polar surface area (TPSA) is 12.0 Å². The number of hydrogen-bond donors (Lipinski definition) is 1. The van der Waals surface area contributed by atoms with Crippen LogP contribution in [0.4, 0.5) is 0 Å². The van der Waals surface area contributed by atoms with Crippen LogP contribution in [0.2, 0.25) is 0 Å².